The van der Waals surface area contributed by atoms with Gasteiger partial charge in [-0.25, -0.2) is 0 Å². The van der Waals surface area contributed by atoms with Crippen LogP contribution in [-0.2, 0) is 0 Å². The molecule has 2 nitrogen and oxygen atoms in total. The first-order valence-electron chi connectivity index (χ1n) is 6.37. The normalized spacial score (nSPS) is 18.0. The van der Waals surface area contributed by atoms with Gasteiger partial charge < -0.3 is 5.73 Å². The van der Waals surface area contributed by atoms with Crippen LogP contribution in [0.1, 0.15) is 36.6 Å². The Hall–Kier alpha value is -1.41. The van der Waals surface area contributed by atoms with Crippen molar-refractivity contribution in [1.82, 2.24) is 4.98 Å². The van der Waals surface area contributed by atoms with E-state index < -0.39 is 0 Å². The number of nitrogens with two attached hydrogens (primary N) is 1. The molecule has 1 aromatic carbocycles. The summed E-state index contributed by atoms with van der Waals surface area (Å²) in [5.74, 6) is 0.642. The van der Waals surface area contributed by atoms with Gasteiger partial charge in [0.1, 0.15) is 0 Å². The highest BCUT2D eigenvalue weighted by Gasteiger charge is 2.26. The molecular formula is C15H18N2. The van der Waals surface area contributed by atoms with Gasteiger partial charge in [0, 0.05) is 11.4 Å². The second kappa shape index (κ2) is 4.11. The number of nitrogens with zero attached hydrogens (tertiary/aromatic N) is 1. The van der Waals surface area contributed by atoms with E-state index in [1.54, 1.807) is 0 Å². The van der Waals surface area contributed by atoms with Gasteiger partial charge >= 0.3 is 0 Å². The number of aryl methyl sites for hydroxylation is 1. The molecule has 0 radical (unpaired) electrons. The van der Waals surface area contributed by atoms with E-state index >= 15 is 0 Å². The molecule has 1 aliphatic carbocycles. The number of hydrogen-bond donors (Lipinski definition) is 1. The lowest BCUT2D eigenvalue weighted by atomic mass is 9.78. The molecule has 0 amide bonds. The minimum absolute atomic E-state index is 0.118. The SMILES string of the molecule is Cc1cc(C(N)C2CCC2)nc2ccccc12. The van der Waals surface area contributed by atoms with Crippen molar-refractivity contribution in [3.05, 3.63) is 41.6 Å². The molecule has 1 heterocycles. The predicted octanol–water partition coefficient (Wildman–Crippen LogP) is 3.34. The van der Waals surface area contributed by atoms with Crippen molar-refractivity contribution in [2.24, 2.45) is 11.7 Å². The lowest BCUT2D eigenvalue weighted by molar-refractivity contribution is 0.261. The number of para-hydroxylation sites is 1. The van der Waals surface area contributed by atoms with Gasteiger partial charge in [0.15, 0.2) is 0 Å². The fraction of sp³-hybridized carbons (Fsp3) is 0.400. The van der Waals surface area contributed by atoms with E-state index in [1.807, 2.05) is 6.07 Å². The molecule has 0 aliphatic heterocycles. The highest BCUT2D eigenvalue weighted by molar-refractivity contribution is 5.82. The third-order valence-electron chi connectivity index (χ3n) is 3.94. The van der Waals surface area contributed by atoms with Crippen LogP contribution in [0.4, 0.5) is 0 Å². The van der Waals surface area contributed by atoms with E-state index in [0.717, 1.165) is 11.2 Å². The quantitative estimate of drug-likeness (QED) is 0.853. The Morgan fingerprint density at radius 3 is 2.76 bits per heavy atom. The maximum absolute atomic E-state index is 6.30. The summed E-state index contributed by atoms with van der Waals surface area (Å²) in [5.41, 5.74) is 9.70. The van der Waals surface area contributed by atoms with Gasteiger partial charge in [-0.1, -0.05) is 24.6 Å². The maximum atomic E-state index is 6.30. The molecular weight excluding hydrogens is 208 g/mol. The highest BCUT2D eigenvalue weighted by atomic mass is 14.8. The molecule has 3 rings (SSSR count). The van der Waals surface area contributed by atoms with Crippen LogP contribution in [0.3, 0.4) is 0 Å². The van der Waals surface area contributed by atoms with Crippen LogP contribution in [0.15, 0.2) is 30.3 Å². The molecule has 17 heavy (non-hydrogen) atoms. The smallest absolute Gasteiger partial charge is 0.0708 e. The molecule has 1 unspecified atom stereocenters. The van der Waals surface area contributed by atoms with Crippen molar-refractivity contribution in [3.63, 3.8) is 0 Å². The molecule has 0 spiro atoms. The first-order valence-corrected chi connectivity index (χ1v) is 6.37. The van der Waals surface area contributed by atoms with Crippen LogP contribution in [0.5, 0.6) is 0 Å². The largest absolute Gasteiger partial charge is 0.322 e. The fourth-order valence-electron chi connectivity index (χ4n) is 2.59. The zero-order valence-electron chi connectivity index (χ0n) is 10.2. The van der Waals surface area contributed by atoms with E-state index in [0.29, 0.717) is 5.92 Å². The van der Waals surface area contributed by atoms with Gasteiger partial charge in [0.05, 0.1) is 11.2 Å². The molecule has 88 valence electrons. The number of pyridine rings is 1. The van der Waals surface area contributed by atoms with Gasteiger partial charge in [-0.15, -0.1) is 0 Å². The van der Waals surface area contributed by atoms with Crippen molar-refractivity contribution in [2.75, 3.05) is 0 Å². The van der Waals surface area contributed by atoms with Crippen molar-refractivity contribution < 1.29 is 0 Å². The molecule has 1 atom stereocenters. The maximum Gasteiger partial charge on any atom is 0.0708 e. The third kappa shape index (κ3) is 1.83. The summed E-state index contributed by atoms with van der Waals surface area (Å²) in [4.78, 5) is 4.71. The lowest BCUT2D eigenvalue weighted by Crippen LogP contribution is -2.27. The van der Waals surface area contributed by atoms with E-state index in [1.165, 1.54) is 30.2 Å². The van der Waals surface area contributed by atoms with Crippen LogP contribution < -0.4 is 5.73 Å². The minimum atomic E-state index is 0.118. The monoisotopic (exact) mass is 226 g/mol. The van der Waals surface area contributed by atoms with Crippen LogP contribution in [0, 0.1) is 12.8 Å². The third-order valence-corrected chi connectivity index (χ3v) is 3.94. The Morgan fingerprint density at radius 1 is 1.29 bits per heavy atom. The van der Waals surface area contributed by atoms with Crippen LogP contribution in [0.2, 0.25) is 0 Å². The summed E-state index contributed by atoms with van der Waals surface area (Å²) in [6.07, 6.45) is 3.84. The number of benzene rings is 1. The molecule has 1 aromatic heterocycles. The Kier molecular flexibility index (Phi) is 2.60. The van der Waals surface area contributed by atoms with Crippen LogP contribution in [0.25, 0.3) is 10.9 Å². The fourth-order valence-corrected chi connectivity index (χ4v) is 2.59. The lowest BCUT2D eigenvalue weighted by Gasteiger charge is -2.31. The molecule has 1 fully saturated rings. The molecule has 1 saturated carbocycles. The second-order valence-corrected chi connectivity index (χ2v) is 5.10. The van der Waals surface area contributed by atoms with Crippen molar-refractivity contribution in [1.29, 1.82) is 0 Å². The van der Waals surface area contributed by atoms with E-state index in [2.05, 4.69) is 31.2 Å². The molecule has 1 aliphatic rings. The standard InChI is InChI=1S/C15H18N2/c1-10-9-14(15(16)11-5-4-6-11)17-13-8-3-2-7-12(10)13/h2-3,7-9,11,15H,4-6,16H2,1H3. The van der Waals surface area contributed by atoms with Gasteiger partial charge in [0.2, 0.25) is 0 Å². The Bertz CT molecular complexity index is 544. The summed E-state index contributed by atoms with van der Waals surface area (Å²) in [5, 5.41) is 1.23. The second-order valence-electron chi connectivity index (χ2n) is 5.10. The first kappa shape index (κ1) is 10.7. The van der Waals surface area contributed by atoms with E-state index in [9.17, 15) is 0 Å². The van der Waals surface area contributed by atoms with Gasteiger partial charge in [-0.2, -0.15) is 0 Å². The minimum Gasteiger partial charge on any atom is -0.322 e. The summed E-state index contributed by atoms with van der Waals surface area (Å²) in [6.45, 7) is 2.14. The zero-order valence-corrected chi connectivity index (χ0v) is 10.2. The zero-order chi connectivity index (χ0) is 11.8. The molecule has 0 saturated heterocycles. The highest BCUT2D eigenvalue weighted by Crippen LogP contribution is 2.36. The summed E-state index contributed by atoms with van der Waals surface area (Å²) in [7, 11) is 0. The topological polar surface area (TPSA) is 38.9 Å². The van der Waals surface area contributed by atoms with Gasteiger partial charge in [-0.3, -0.25) is 4.98 Å². The Morgan fingerprint density at radius 2 is 2.06 bits per heavy atom. The van der Waals surface area contributed by atoms with Gasteiger partial charge in [-0.05, 0) is 43.4 Å². The number of rotatable bonds is 2. The molecule has 2 N–H and O–H groups in total. The molecule has 0 bridgehead atoms. The molecule has 2 heteroatoms. The predicted molar refractivity (Wildman–Crippen MR) is 70.7 cm³/mol. The van der Waals surface area contributed by atoms with Crippen molar-refractivity contribution in [3.8, 4) is 0 Å². The number of hydrogen-bond acceptors (Lipinski definition) is 2. The Balaban J connectivity index is 2.05. The summed E-state index contributed by atoms with van der Waals surface area (Å²) in [6, 6.07) is 10.6. The first-order chi connectivity index (χ1) is 8.25. The van der Waals surface area contributed by atoms with Crippen LogP contribution in [-0.4, -0.2) is 4.98 Å². The number of fused-ring (bicyclic) bond motifs is 1. The Labute approximate surface area is 102 Å². The van der Waals surface area contributed by atoms with Crippen LogP contribution >= 0.6 is 0 Å². The average molecular weight is 226 g/mol. The summed E-state index contributed by atoms with van der Waals surface area (Å²) < 4.78 is 0. The molecule has 2 aromatic rings. The van der Waals surface area contributed by atoms with Crippen molar-refractivity contribution in [2.45, 2.75) is 32.2 Å². The van der Waals surface area contributed by atoms with Crippen molar-refractivity contribution >= 4 is 10.9 Å². The van der Waals surface area contributed by atoms with E-state index in [-0.39, 0.29) is 6.04 Å². The number of aromatic nitrogens is 1. The van der Waals surface area contributed by atoms with Gasteiger partial charge in [0.25, 0.3) is 0 Å². The van der Waals surface area contributed by atoms with E-state index in [4.69, 9.17) is 10.7 Å². The summed E-state index contributed by atoms with van der Waals surface area (Å²) >= 11 is 0. The average Bonchev–Trinajstić information content (AvgIpc) is 2.26.